The van der Waals surface area contributed by atoms with E-state index in [9.17, 15) is 9.59 Å². The number of carbonyl (C=O) groups is 2. The molecule has 1 heterocycles. The summed E-state index contributed by atoms with van der Waals surface area (Å²) < 4.78 is 0. The average Bonchev–Trinajstić information content (AvgIpc) is 3.01. The van der Waals surface area contributed by atoms with Crippen molar-refractivity contribution in [1.82, 2.24) is 10.2 Å². The van der Waals surface area contributed by atoms with Crippen molar-refractivity contribution in [3.05, 3.63) is 42.5 Å². The predicted molar refractivity (Wildman–Crippen MR) is 83.2 cm³/mol. The van der Waals surface area contributed by atoms with Crippen molar-refractivity contribution in [2.24, 2.45) is 0 Å². The van der Waals surface area contributed by atoms with E-state index in [0.717, 1.165) is 31.5 Å². The van der Waals surface area contributed by atoms with Crippen LogP contribution in [0.5, 0.6) is 0 Å². The Balaban J connectivity index is 1.85. The Bertz CT molecular complexity index is 505. The molecule has 0 atom stereocenters. The lowest BCUT2D eigenvalue weighted by molar-refractivity contribution is -0.129. The molecule has 0 aliphatic carbocycles. The largest absolute Gasteiger partial charge is 0.342 e. The van der Waals surface area contributed by atoms with E-state index in [1.807, 2.05) is 17.0 Å². The van der Waals surface area contributed by atoms with E-state index >= 15 is 0 Å². The summed E-state index contributed by atoms with van der Waals surface area (Å²) in [6.07, 6.45) is 4.25. The lowest BCUT2D eigenvalue weighted by Gasteiger charge is -2.15. The van der Waals surface area contributed by atoms with Gasteiger partial charge < -0.3 is 15.5 Å². The van der Waals surface area contributed by atoms with Crippen LogP contribution in [-0.4, -0.2) is 36.5 Å². The quantitative estimate of drug-likeness (QED) is 0.815. The zero-order valence-corrected chi connectivity index (χ0v) is 12.1. The lowest BCUT2D eigenvalue weighted by Crippen LogP contribution is -2.29. The molecule has 21 heavy (non-hydrogen) atoms. The van der Waals surface area contributed by atoms with Crippen LogP contribution >= 0.6 is 0 Å². The van der Waals surface area contributed by atoms with Gasteiger partial charge in [0.05, 0.1) is 6.42 Å². The number of carbonyl (C=O) groups excluding carboxylic acids is 2. The molecule has 5 nitrogen and oxygen atoms in total. The summed E-state index contributed by atoms with van der Waals surface area (Å²) in [6.45, 7) is 5.71. The first kappa shape index (κ1) is 15.1. The molecule has 1 aliphatic rings. The highest BCUT2D eigenvalue weighted by Gasteiger charge is 2.17. The van der Waals surface area contributed by atoms with Crippen molar-refractivity contribution < 1.29 is 9.59 Å². The second kappa shape index (κ2) is 7.47. The molecule has 2 N–H and O–H groups in total. The van der Waals surface area contributed by atoms with Gasteiger partial charge in [-0.05, 0) is 30.5 Å². The highest BCUT2D eigenvalue weighted by molar-refractivity contribution is 5.89. The van der Waals surface area contributed by atoms with Gasteiger partial charge in [0.15, 0.2) is 0 Å². The maximum Gasteiger partial charge on any atom is 0.319 e. The van der Waals surface area contributed by atoms with Crippen molar-refractivity contribution >= 4 is 17.6 Å². The summed E-state index contributed by atoms with van der Waals surface area (Å²) in [7, 11) is 0. The van der Waals surface area contributed by atoms with Gasteiger partial charge in [-0.15, -0.1) is 6.58 Å². The van der Waals surface area contributed by atoms with Gasteiger partial charge in [0, 0.05) is 25.3 Å². The minimum atomic E-state index is -0.268. The standard InChI is InChI=1S/C16H21N3O2/c1-2-9-17-16(21)18-14-7-5-13(6-8-14)12-15(20)19-10-3-4-11-19/h2,5-8H,1,3-4,9-12H2,(H2,17,18,21). The molecule has 0 aromatic heterocycles. The number of hydrogen-bond donors (Lipinski definition) is 2. The van der Waals surface area contributed by atoms with Crippen LogP contribution in [0.2, 0.25) is 0 Å². The molecule has 0 unspecified atom stereocenters. The molecule has 1 fully saturated rings. The number of nitrogens with one attached hydrogen (secondary N) is 2. The summed E-state index contributed by atoms with van der Waals surface area (Å²) in [4.78, 5) is 25.4. The Morgan fingerprint density at radius 3 is 2.48 bits per heavy atom. The highest BCUT2D eigenvalue weighted by Crippen LogP contribution is 2.13. The van der Waals surface area contributed by atoms with Gasteiger partial charge >= 0.3 is 6.03 Å². The van der Waals surface area contributed by atoms with Gasteiger partial charge in [-0.25, -0.2) is 4.79 Å². The Morgan fingerprint density at radius 2 is 1.86 bits per heavy atom. The van der Waals surface area contributed by atoms with Gasteiger partial charge in [-0.2, -0.15) is 0 Å². The average molecular weight is 287 g/mol. The van der Waals surface area contributed by atoms with Gasteiger partial charge in [-0.1, -0.05) is 18.2 Å². The second-order valence-electron chi connectivity index (χ2n) is 5.09. The fraction of sp³-hybridized carbons (Fsp3) is 0.375. The highest BCUT2D eigenvalue weighted by atomic mass is 16.2. The molecule has 2 rings (SSSR count). The third-order valence-corrected chi connectivity index (χ3v) is 3.43. The normalized spacial score (nSPS) is 13.8. The van der Waals surface area contributed by atoms with Crippen LogP contribution in [0.1, 0.15) is 18.4 Å². The molecule has 1 aromatic rings. The summed E-state index contributed by atoms with van der Waals surface area (Å²) in [5.41, 5.74) is 1.66. The molecule has 5 heteroatoms. The number of benzene rings is 1. The first-order chi connectivity index (χ1) is 10.2. The molecule has 1 aliphatic heterocycles. The van der Waals surface area contributed by atoms with E-state index in [2.05, 4.69) is 17.2 Å². The molecule has 112 valence electrons. The Hall–Kier alpha value is -2.30. The number of amides is 3. The molecule has 3 amide bonds. The van der Waals surface area contributed by atoms with Crippen LogP contribution in [-0.2, 0) is 11.2 Å². The maximum atomic E-state index is 12.0. The van der Waals surface area contributed by atoms with E-state index in [4.69, 9.17) is 0 Å². The Morgan fingerprint density at radius 1 is 1.19 bits per heavy atom. The zero-order valence-electron chi connectivity index (χ0n) is 12.1. The number of hydrogen-bond acceptors (Lipinski definition) is 2. The Kier molecular flexibility index (Phi) is 5.37. The van der Waals surface area contributed by atoms with Gasteiger partial charge in [0.25, 0.3) is 0 Å². The van der Waals surface area contributed by atoms with E-state index < -0.39 is 0 Å². The monoisotopic (exact) mass is 287 g/mol. The van der Waals surface area contributed by atoms with Crippen LogP contribution in [0.4, 0.5) is 10.5 Å². The number of rotatable bonds is 5. The van der Waals surface area contributed by atoms with Crippen LogP contribution in [0.3, 0.4) is 0 Å². The topological polar surface area (TPSA) is 61.4 Å². The van der Waals surface area contributed by atoms with Crippen molar-refractivity contribution in [2.45, 2.75) is 19.3 Å². The molecular weight excluding hydrogens is 266 g/mol. The van der Waals surface area contributed by atoms with Crippen LogP contribution in [0.25, 0.3) is 0 Å². The fourth-order valence-corrected chi connectivity index (χ4v) is 2.30. The van der Waals surface area contributed by atoms with Crippen LogP contribution in [0, 0.1) is 0 Å². The molecule has 1 saturated heterocycles. The van der Waals surface area contributed by atoms with Gasteiger partial charge in [0.1, 0.15) is 0 Å². The van der Waals surface area contributed by atoms with Gasteiger partial charge in [0.2, 0.25) is 5.91 Å². The van der Waals surface area contributed by atoms with Gasteiger partial charge in [-0.3, -0.25) is 4.79 Å². The molecule has 1 aromatic carbocycles. The smallest absolute Gasteiger partial charge is 0.319 e. The van der Waals surface area contributed by atoms with E-state index in [1.165, 1.54) is 0 Å². The summed E-state index contributed by atoms with van der Waals surface area (Å²) >= 11 is 0. The van der Waals surface area contributed by atoms with Crippen molar-refractivity contribution in [3.63, 3.8) is 0 Å². The minimum Gasteiger partial charge on any atom is -0.342 e. The Labute approximate surface area is 125 Å². The van der Waals surface area contributed by atoms with Crippen molar-refractivity contribution in [3.8, 4) is 0 Å². The fourth-order valence-electron chi connectivity index (χ4n) is 2.30. The minimum absolute atomic E-state index is 0.178. The summed E-state index contributed by atoms with van der Waals surface area (Å²) in [5.74, 6) is 0.178. The number of anilines is 1. The summed E-state index contributed by atoms with van der Waals surface area (Å²) in [6, 6.07) is 7.09. The molecule has 0 saturated carbocycles. The zero-order chi connectivity index (χ0) is 15.1. The van der Waals surface area contributed by atoms with E-state index in [1.54, 1.807) is 18.2 Å². The molecular formula is C16H21N3O2. The van der Waals surface area contributed by atoms with Crippen molar-refractivity contribution in [2.75, 3.05) is 25.0 Å². The summed E-state index contributed by atoms with van der Waals surface area (Å²) in [5, 5.41) is 5.36. The van der Waals surface area contributed by atoms with E-state index in [-0.39, 0.29) is 11.9 Å². The third-order valence-electron chi connectivity index (χ3n) is 3.43. The molecule has 0 bridgehead atoms. The van der Waals surface area contributed by atoms with Crippen LogP contribution < -0.4 is 10.6 Å². The second-order valence-corrected chi connectivity index (χ2v) is 5.09. The van der Waals surface area contributed by atoms with E-state index in [0.29, 0.717) is 18.7 Å². The molecule has 0 radical (unpaired) electrons. The number of likely N-dealkylation sites (tertiary alicyclic amines) is 1. The SMILES string of the molecule is C=CCNC(=O)Nc1ccc(CC(=O)N2CCCC2)cc1. The lowest BCUT2D eigenvalue weighted by atomic mass is 10.1. The first-order valence-corrected chi connectivity index (χ1v) is 7.21. The first-order valence-electron chi connectivity index (χ1n) is 7.21. The maximum absolute atomic E-state index is 12.0. The number of urea groups is 1. The van der Waals surface area contributed by atoms with Crippen LogP contribution in [0.15, 0.2) is 36.9 Å². The molecule has 0 spiro atoms. The number of nitrogens with zero attached hydrogens (tertiary/aromatic N) is 1. The third kappa shape index (κ3) is 4.63. The van der Waals surface area contributed by atoms with Crippen molar-refractivity contribution in [1.29, 1.82) is 0 Å². The predicted octanol–water partition coefficient (Wildman–Crippen LogP) is 2.16.